The van der Waals surface area contributed by atoms with Crippen molar-refractivity contribution in [1.29, 1.82) is 0 Å². The Morgan fingerprint density at radius 2 is 1.90 bits per heavy atom. The Morgan fingerprint density at radius 3 is 2.58 bits per heavy atom. The lowest BCUT2D eigenvalue weighted by Crippen LogP contribution is -2.44. The molecule has 1 N–H and O–H groups in total. The lowest BCUT2D eigenvalue weighted by atomic mass is 9.93. The molecule has 0 spiro atoms. The van der Waals surface area contributed by atoms with Gasteiger partial charge in [-0.15, -0.1) is 5.01 Å². The number of hydrogen-bond donors (Lipinski definition) is 1. The van der Waals surface area contributed by atoms with Gasteiger partial charge < -0.3 is 9.84 Å². The summed E-state index contributed by atoms with van der Waals surface area (Å²) in [5.41, 5.74) is 2.74. The predicted octanol–water partition coefficient (Wildman–Crippen LogP) is 3.67. The molecule has 1 aliphatic heterocycles. The van der Waals surface area contributed by atoms with E-state index in [1.54, 1.807) is 6.92 Å². The molecule has 3 aromatic rings. The average molecular weight is 419 g/mol. The number of rotatable bonds is 6. The Bertz CT molecular complexity index is 1160. The van der Waals surface area contributed by atoms with E-state index in [1.165, 1.54) is 6.21 Å². The van der Waals surface area contributed by atoms with Gasteiger partial charge in [0.1, 0.15) is 11.3 Å². The first-order valence-electron chi connectivity index (χ1n) is 10.2. The molecule has 31 heavy (non-hydrogen) atoms. The van der Waals surface area contributed by atoms with Gasteiger partial charge in [-0.1, -0.05) is 35.5 Å². The van der Waals surface area contributed by atoms with Gasteiger partial charge in [-0.05, 0) is 52.2 Å². The highest BCUT2D eigenvalue weighted by Crippen LogP contribution is 2.24. The lowest BCUT2D eigenvalue weighted by molar-refractivity contribution is -0.130. The lowest BCUT2D eigenvalue weighted by Gasteiger charge is -2.20. The number of carbonyl (C=O) groups excluding carboxylic acids is 2. The van der Waals surface area contributed by atoms with Crippen LogP contribution in [0.4, 0.5) is 4.79 Å². The Hall–Kier alpha value is -3.68. The third kappa shape index (κ3) is 3.88. The molecule has 3 heterocycles. The summed E-state index contributed by atoms with van der Waals surface area (Å²) in [6, 6.07) is 13.1. The number of nitrogens with zero attached hydrogens (tertiary/aromatic N) is 4. The predicted molar refractivity (Wildman–Crippen MR) is 116 cm³/mol. The van der Waals surface area contributed by atoms with E-state index < -0.39 is 11.6 Å². The van der Waals surface area contributed by atoms with Crippen molar-refractivity contribution in [3.63, 3.8) is 0 Å². The Labute approximate surface area is 180 Å². The molecule has 0 saturated carbocycles. The van der Waals surface area contributed by atoms with E-state index in [4.69, 9.17) is 4.52 Å². The van der Waals surface area contributed by atoms with Gasteiger partial charge in [-0.2, -0.15) is 5.10 Å². The maximum absolute atomic E-state index is 13.0. The van der Waals surface area contributed by atoms with E-state index in [2.05, 4.69) is 15.6 Å². The van der Waals surface area contributed by atoms with Crippen molar-refractivity contribution >= 4 is 18.2 Å². The van der Waals surface area contributed by atoms with Crippen LogP contribution in [0.25, 0.3) is 5.82 Å². The van der Waals surface area contributed by atoms with Crippen molar-refractivity contribution < 1.29 is 14.1 Å². The molecular weight excluding hydrogens is 394 g/mol. The van der Waals surface area contributed by atoms with Crippen molar-refractivity contribution in [2.45, 2.75) is 46.1 Å². The first-order valence-corrected chi connectivity index (χ1v) is 10.2. The normalized spacial score (nSPS) is 18.9. The standard InChI is InChI=1S/C23H25N5O3/c1-15-12-19(17(3)27(15)20-13-16(2)31-26-20)14-24-28-21(29)23(4,25-22(28)30)11-10-18-8-6-5-7-9-18/h5-9,12-14H,10-11H2,1-4H3,(H,25,30)/b24-14-/t23-/m1/s1. The highest BCUT2D eigenvalue weighted by Gasteiger charge is 2.47. The van der Waals surface area contributed by atoms with Crippen molar-refractivity contribution in [3.8, 4) is 5.82 Å². The van der Waals surface area contributed by atoms with E-state index in [0.717, 1.165) is 27.5 Å². The number of aromatic nitrogens is 2. The third-order valence-corrected chi connectivity index (χ3v) is 5.62. The number of nitrogens with one attached hydrogen (secondary N) is 1. The van der Waals surface area contributed by atoms with Crippen molar-refractivity contribution in [3.05, 3.63) is 70.7 Å². The van der Waals surface area contributed by atoms with Crippen molar-refractivity contribution in [2.24, 2.45) is 5.10 Å². The number of hydrogen-bond acceptors (Lipinski definition) is 5. The van der Waals surface area contributed by atoms with Crippen LogP contribution in [-0.4, -0.2) is 38.4 Å². The molecule has 1 aliphatic rings. The van der Waals surface area contributed by atoms with Crippen molar-refractivity contribution in [1.82, 2.24) is 20.0 Å². The van der Waals surface area contributed by atoms with Crippen LogP contribution in [0.2, 0.25) is 0 Å². The molecule has 2 aromatic heterocycles. The monoisotopic (exact) mass is 419 g/mol. The molecule has 1 atom stereocenters. The zero-order chi connectivity index (χ0) is 22.2. The highest BCUT2D eigenvalue weighted by atomic mass is 16.5. The van der Waals surface area contributed by atoms with Crippen LogP contribution in [-0.2, 0) is 11.2 Å². The fourth-order valence-corrected chi connectivity index (χ4v) is 3.83. The summed E-state index contributed by atoms with van der Waals surface area (Å²) in [5, 5.41) is 12.0. The zero-order valence-electron chi connectivity index (χ0n) is 18.0. The van der Waals surface area contributed by atoms with E-state index in [0.29, 0.717) is 24.4 Å². The van der Waals surface area contributed by atoms with E-state index >= 15 is 0 Å². The van der Waals surface area contributed by atoms with Crippen LogP contribution in [0.15, 0.2) is 52.1 Å². The summed E-state index contributed by atoms with van der Waals surface area (Å²) in [4.78, 5) is 25.4. The molecular formula is C23H25N5O3. The smallest absolute Gasteiger partial charge is 0.346 e. The van der Waals surface area contributed by atoms with Gasteiger partial charge in [0.2, 0.25) is 0 Å². The first kappa shape index (κ1) is 20.6. The van der Waals surface area contributed by atoms with Gasteiger partial charge in [-0.25, -0.2) is 4.79 Å². The topological polar surface area (TPSA) is 92.7 Å². The summed E-state index contributed by atoms with van der Waals surface area (Å²) in [5.74, 6) is 1.04. The fraction of sp³-hybridized carbons (Fsp3) is 0.304. The second-order valence-corrected chi connectivity index (χ2v) is 8.07. The van der Waals surface area contributed by atoms with E-state index in [1.807, 2.05) is 67.8 Å². The minimum atomic E-state index is -0.987. The second kappa shape index (κ2) is 7.86. The third-order valence-electron chi connectivity index (χ3n) is 5.62. The second-order valence-electron chi connectivity index (χ2n) is 8.07. The van der Waals surface area contributed by atoms with Crippen LogP contribution in [0.3, 0.4) is 0 Å². The average Bonchev–Trinajstić information content (AvgIpc) is 3.35. The van der Waals surface area contributed by atoms with Gasteiger partial charge in [-0.3, -0.25) is 9.36 Å². The van der Waals surface area contributed by atoms with Crippen LogP contribution in [0, 0.1) is 20.8 Å². The molecule has 0 aliphatic carbocycles. The van der Waals surface area contributed by atoms with Crippen molar-refractivity contribution in [2.75, 3.05) is 0 Å². The summed E-state index contributed by atoms with van der Waals surface area (Å²) >= 11 is 0. The zero-order valence-corrected chi connectivity index (χ0v) is 18.0. The van der Waals surface area contributed by atoms with Crippen LogP contribution < -0.4 is 5.32 Å². The van der Waals surface area contributed by atoms with Crippen LogP contribution >= 0.6 is 0 Å². The summed E-state index contributed by atoms with van der Waals surface area (Å²) in [6.45, 7) is 7.45. The quantitative estimate of drug-likeness (QED) is 0.487. The number of amides is 3. The number of urea groups is 1. The molecule has 0 bridgehead atoms. The Morgan fingerprint density at radius 1 is 1.16 bits per heavy atom. The number of benzene rings is 1. The number of hydrazone groups is 1. The molecule has 160 valence electrons. The van der Waals surface area contributed by atoms with E-state index in [9.17, 15) is 9.59 Å². The Balaban J connectivity index is 1.52. The minimum absolute atomic E-state index is 0.356. The van der Waals surface area contributed by atoms with Crippen LogP contribution in [0.1, 0.15) is 41.6 Å². The molecule has 8 nitrogen and oxygen atoms in total. The summed E-state index contributed by atoms with van der Waals surface area (Å²) < 4.78 is 7.11. The molecule has 3 amide bonds. The molecule has 1 saturated heterocycles. The maximum atomic E-state index is 13.0. The minimum Gasteiger partial charge on any atom is -0.360 e. The number of aryl methyl sites for hydroxylation is 3. The molecule has 4 rings (SSSR count). The number of imide groups is 1. The number of carbonyl (C=O) groups is 2. The maximum Gasteiger partial charge on any atom is 0.346 e. The van der Waals surface area contributed by atoms with Gasteiger partial charge in [0.25, 0.3) is 5.91 Å². The van der Waals surface area contributed by atoms with E-state index in [-0.39, 0.29) is 5.91 Å². The SMILES string of the molecule is Cc1cc(-n2c(C)cc(/C=N\N3C(=O)N[C@](C)(CCc4ccccc4)C3=O)c2C)no1. The highest BCUT2D eigenvalue weighted by molar-refractivity contribution is 6.07. The molecule has 1 fully saturated rings. The summed E-state index contributed by atoms with van der Waals surface area (Å²) in [6.07, 6.45) is 2.71. The Kier molecular flexibility index (Phi) is 5.22. The van der Waals surface area contributed by atoms with Crippen LogP contribution in [0.5, 0.6) is 0 Å². The largest absolute Gasteiger partial charge is 0.360 e. The summed E-state index contributed by atoms with van der Waals surface area (Å²) in [7, 11) is 0. The van der Waals surface area contributed by atoms with Gasteiger partial charge in [0.15, 0.2) is 5.82 Å². The molecule has 0 radical (unpaired) electrons. The fourth-order valence-electron chi connectivity index (χ4n) is 3.83. The molecule has 1 aromatic carbocycles. The molecule has 8 heteroatoms. The first-order chi connectivity index (χ1) is 14.8. The van der Waals surface area contributed by atoms with Gasteiger partial charge in [0.05, 0.1) is 6.21 Å². The van der Waals surface area contributed by atoms with Gasteiger partial charge in [0, 0.05) is 23.0 Å². The molecule has 0 unspecified atom stereocenters. The van der Waals surface area contributed by atoms with Gasteiger partial charge >= 0.3 is 6.03 Å².